The first kappa shape index (κ1) is 22.1. The highest BCUT2D eigenvalue weighted by Gasteiger charge is 2.73. The van der Waals surface area contributed by atoms with Crippen molar-refractivity contribution in [2.75, 3.05) is 0 Å². The van der Waals surface area contributed by atoms with Crippen LogP contribution in [-0.2, 0) is 10.3 Å². The van der Waals surface area contributed by atoms with Gasteiger partial charge in [0.2, 0.25) is 0 Å². The fourth-order valence-corrected chi connectivity index (χ4v) is 8.28. The molecule has 1 aromatic carbocycles. The summed E-state index contributed by atoms with van der Waals surface area (Å²) in [6.07, 6.45) is 5.48. The molecule has 5 N–H and O–H groups in total. The number of hydrogen-bond acceptors (Lipinski definition) is 7. The number of aliphatic hydroxyl groups is 5. The molecule has 3 fully saturated rings. The van der Waals surface area contributed by atoms with Crippen molar-refractivity contribution >= 4 is 10.8 Å². The fourth-order valence-electron chi connectivity index (χ4n) is 8.28. The highest BCUT2D eigenvalue weighted by atomic mass is 16.5. The van der Waals surface area contributed by atoms with E-state index in [1.165, 1.54) is 0 Å². The first-order valence-corrected chi connectivity index (χ1v) is 12.6. The molecule has 5 aliphatic rings. The predicted octanol–water partition coefficient (Wildman–Crippen LogP) is 1.85. The molecule has 2 aromatic rings. The Morgan fingerprint density at radius 2 is 1.89 bits per heavy atom. The van der Waals surface area contributed by atoms with Crippen molar-refractivity contribution in [1.29, 1.82) is 0 Å². The van der Waals surface area contributed by atoms with Crippen LogP contribution in [0.2, 0.25) is 0 Å². The molecule has 3 aliphatic carbocycles. The smallest absolute Gasteiger partial charge is 0.121 e. The van der Waals surface area contributed by atoms with Crippen molar-refractivity contribution in [2.24, 2.45) is 11.3 Å². The van der Waals surface area contributed by atoms with Crippen LogP contribution in [0, 0.1) is 11.3 Å². The molecule has 0 radical (unpaired) electrons. The molecular weight excluding hydrogens is 446 g/mol. The summed E-state index contributed by atoms with van der Waals surface area (Å²) >= 11 is 0. The third-order valence-corrected chi connectivity index (χ3v) is 10.1. The second-order valence-electron chi connectivity index (χ2n) is 11.6. The van der Waals surface area contributed by atoms with E-state index in [0.29, 0.717) is 36.8 Å². The topological polar surface area (TPSA) is 123 Å². The average Bonchev–Trinajstić information content (AvgIpc) is 3.27. The second-order valence-corrected chi connectivity index (χ2v) is 11.6. The number of pyridine rings is 1. The lowest BCUT2D eigenvalue weighted by molar-refractivity contribution is -0.192. The van der Waals surface area contributed by atoms with Gasteiger partial charge in [0.1, 0.15) is 17.8 Å². The Hall–Kier alpha value is -2.13. The molecule has 2 spiro atoms. The third-order valence-electron chi connectivity index (χ3n) is 10.1. The van der Waals surface area contributed by atoms with Crippen LogP contribution in [0.4, 0.5) is 0 Å². The molecule has 1 aromatic heterocycles. The van der Waals surface area contributed by atoms with Crippen LogP contribution < -0.4 is 0 Å². The van der Waals surface area contributed by atoms with E-state index < -0.39 is 46.6 Å². The maximum atomic E-state index is 12.3. The van der Waals surface area contributed by atoms with Gasteiger partial charge in [0.05, 0.1) is 23.4 Å². The van der Waals surface area contributed by atoms with E-state index in [4.69, 9.17) is 4.74 Å². The van der Waals surface area contributed by atoms with Gasteiger partial charge in [-0.15, -0.1) is 0 Å². The van der Waals surface area contributed by atoms with Gasteiger partial charge >= 0.3 is 0 Å². The molecule has 2 aliphatic heterocycles. The van der Waals surface area contributed by atoms with E-state index in [1.807, 2.05) is 37.3 Å². The monoisotopic (exact) mass is 477 g/mol. The SMILES string of the molecule is C[C@]12CC=C3C=C4[C@@H](O)[C@@H](O)[C@@H](O)C[C@]45CCC3(O5)[C@@H]1C[C@@H](O)[C@]2(O)c1ccc2ccncc2c1. The van der Waals surface area contributed by atoms with Crippen molar-refractivity contribution in [3.8, 4) is 0 Å². The highest BCUT2D eigenvalue weighted by Crippen LogP contribution is 2.70. The van der Waals surface area contributed by atoms with Crippen LogP contribution in [-0.4, -0.2) is 66.1 Å². The summed E-state index contributed by atoms with van der Waals surface area (Å²) in [7, 11) is 0. The number of ether oxygens (including phenoxy) is 1. The van der Waals surface area contributed by atoms with Crippen molar-refractivity contribution in [1.82, 2.24) is 4.98 Å². The number of aliphatic hydroxyl groups excluding tert-OH is 4. The summed E-state index contributed by atoms with van der Waals surface area (Å²) < 4.78 is 6.90. The van der Waals surface area contributed by atoms with Crippen LogP contribution in [0.25, 0.3) is 10.8 Å². The van der Waals surface area contributed by atoms with Crippen LogP contribution >= 0.6 is 0 Å². The molecule has 2 saturated carbocycles. The van der Waals surface area contributed by atoms with Gasteiger partial charge in [-0.2, -0.15) is 0 Å². The van der Waals surface area contributed by atoms with Crippen molar-refractivity contribution in [2.45, 2.75) is 80.2 Å². The Labute approximate surface area is 203 Å². The predicted molar refractivity (Wildman–Crippen MR) is 127 cm³/mol. The Balaban J connectivity index is 1.36. The van der Waals surface area contributed by atoms with Gasteiger partial charge in [-0.3, -0.25) is 4.98 Å². The summed E-state index contributed by atoms with van der Waals surface area (Å²) in [5, 5.41) is 57.3. The van der Waals surface area contributed by atoms with E-state index in [0.717, 1.165) is 16.3 Å². The number of rotatable bonds is 1. The lowest BCUT2D eigenvalue weighted by Gasteiger charge is -2.56. The summed E-state index contributed by atoms with van der Waals surface area (Å²) in [6, 6.07) is 7.72. The normalized spacial score (nSPS) is 48.1. The molecule has 35 heavy (non-hydrogen) atoms. The van der Waals surface area contributed by atoms with Crippen LogP contribution in [0.15, 0.2) is 60.0 Å². The molecule has 7 nitrogen and oxygen atoms in total. The van der Waals surface area contributed by atoms with E-state index in [-0.39, 0.29) is 12.3 Å². The molecule has 3 heterocycles. The minimum Gasteiger partial charge on any atom is -0.390 e. The van der Waals surface area contributed by atoms with Gasteiger partial charge in [-0.05, 0) is 59.9 Å². The molecule has 1 saturated heterocycles. The minimum absolute atomic E-state index is 0.169. The second kappa shape index (κ2) is 6.79. The summed E-state index contributed by atoms with van der Waals surface area (Å²) in [4.78, 5) is 4.22. The largest absolute Gasteiger partial charge is 0.390 e. The molecule has 2 bridgehead atoms. The van der Waals surface area contributed by atoms with Crippen LogP contribution in [0.5, 0.6) is 0 Å². The minimum atomic E-state index is -1.48. The van der Waals surface area contributed by atoms with Crippen molar-refractivity contribution in [3.63, 3.8) is 0 Å². The Morgan fingerprint density at radius 3 is 2.71 bits per heavy atom. The lowest BCUT2D eigenvalue weighted by Crippen LogP contribution is -2.60. The summed E-state index contributed by atoms with van der Waals surface area (Å²) in [5.74, 6) is -0.169. The number of aromatic nitrogens is 1. The fraction of sp³-hybridized carbons (Fsp3) is 0.536. The third kappa shape index (κ3) is 2.49. The average molecular weight is 478 g/mol. The van der Waals surface area contributed by atoms with E-state index in [9.17, 15) is 25.5 Å². The van der Waals surface area contributed by atoms with Gasteiger partial charge in [-0.25, -0.2) is 0 Å². The first-order valence-electron chi connectivity index (χ1n) is 12.6. The standard InChI is InChI=1S/C28H31NO6/c1-25-6-4-17-11-19-23(32)24(33)20(30)13-26(19)7-8-27(17,35-26)21(25)12-22(31)28(25,34)18-3-2-15-5-9-29-14-16(15)10-18/h2-5,9-11,14,20-24,30-34H,6-8,12-13H2,1H3/t20-,21+,22+,23+,24-,25-,26+,27?,28+/m0/s1. The summed E-state index contributed by atoms with van der Waals surface area (Å²) in [6.45, 7) is 2.05. The maximum Gasteiger partial charge on any atom is 0.121 e. The van der Waals surface area contributed by atoms with E-state index in [2.05, 4.69) is 11.1 Å². The lowest BCUT2D eigenvalue weighted by atomic mass is 9.56. The number of fused-ring (bicyclic) bond motifs is 2. The Bertz CT molecular complexity index is 1310. The van der Waals surface area contributed by atoms with Gasteiger partial charge in [0.25, 0.3) is 0 Å². The molecule has 1 unspecified atom stereocenters. The van der Waals surface area contributed by atoms with Crippen LogP contribution in [0.1, 0.15) is 44.6 Å². The van der Waals surface area contributed by atoms with Gasteiger partial charge in [0.15, 0.2) is 0 Å². The number of hydrogen-bond donors (Lipinski definition) is 5. The van der Waals surface area contributed by atoms with E-state index >= 15 is 0 Å². The molecule has 0 amide bonds. The zero-order chi connectivity index (χ0) is 24.4. The maximum absolute atomic E-state index is 12.3. The molecule has 9 atom stereocenters. The van der Waals surface area contributed by atoms with Gasteiger partial charge in [-0.1, -0.05) is 31.2 Å². The molecule has 7 rings (SSSR count). The first-order chi connectivity index (χ1) is 16.6. The summed E-state index contributed by atoms with van der Waals surface area (Å²) in [5.41, 5.74) is -1.48. The van der Waals surface area contributed by atoms with Gasteiger partial charge in [0, 0.05) is 35.5 Å². The molecular formula is C28H31NO6. The highest BCUT2D eigenvalue weighted by molar-refractivity contribution is 5.82. The number of allylic oxidation sites excluding steroid dienone is 1. The quantitative estimate of drug-likeness (QED) is 0.425. The number of nitrogens with zero attached hydrogens (tertiary/aromatic N) is 1. The zero-order valence-corrected chi connectivity index (χ0v) is 19.6. The van der Waals surface area contributed by atoms with E-state index in [1.54, 1.807) is 12.4 Å². The zero-order valence-electron chi connectivity index (χ0n) is 19.6. The molecule has 184 valence electrons. The Kier molecular flexibility index (Phi) is 4.29. The van der Waals surface area contributed by atoms with Crippen molar-refractivity contribution in [3.05, 3.63) is 65.5 Å². The van der Waals surface area contributed by atoms with Crippen LogP contribution in [0.3, 0.4) is 0 Å². The molecule has 7 heteroatoms. The number of benzene rings is 1. The van der Waals surface area contributed by atoms with Crippen molar-refractivity contribution < 1.29 is 30.3 Å². The Morgan fingerprint density at radius 1 is 1.06 bits per heavy atom. The van der Waals surface area contributed by atoms with Gasteiger partial charge < -0.3 is 30.3 Å².